The Morgan fingerprint density at radius 1 is 1.18 bits per heavy atom. The minimum atomic E-state index is -4.69. The van der Waals surface area contributed by atoms with Gasteiger partial charge in [0.05, 0.1) is 36.1 Å². The first-order chi connectivity index (χ1) is 15.8. The van der Waals surface area contributed by atoms with Crippen molar-refractivity contribution in [3.63, 3.8) is 0 Å². The van der Waals surface area contributed by atoms with Gasteiger partial charge in [-0.15, -0.1) is 4.80 Å². The van der Waals surface area contributed by atoms with E-state index in [-0.39, 0.29) is 29.8 Å². The van der Waals surface area contributed by atoms with Crippen LogP contribution in [-0.2, 0) is 6.18 Å². The van der Waals surface area contributed by atoms with Crippen LogP contribution >= 0.6 is 0 Å². The molecule has 4 heterocycles. The predicted molar refractivity (Wildman–Crippen MR) is 107 cm³/mol. The fraction of sp³-hybridized carbons (Fsp3) is 0.333. The van der Waals surface area contributed by atoms with Gasteiger partial charge in [0.1, 0.15) is 11.8 Å². The van der Waals surface area contributed by atoms with E-state index in [2.05, 4.69) is 20.2 Å². The van der Waals surface area contributed by atoms with E-state index in [1.807, 2.05) is 13.0 Å². The maximum Gasteiger partial charge on any atom is 0.433 e. The zero-order valence-electron chi connectivity index (χ0n) is 17.4. The fourth-order valence-corrected chi connectivity index (χ4v) is 3.57. The van der Waals surface area contributed by atoms with Gasteiger partial charge in [0.15, 0.2) is 5.82 Å². The van der Waals surface area contributed by atoms with Crippen molar-refractivity contribution in [1.29, 1.82) is 5.26 Å². The van der Waals surface area contributed by atoms with Gasteiger partial charge < -0.3 is 9.64 Å². The first-order valence-corrected chi connectivity index (χ1v) is 10.0. The van der Waals surface area contributed by atoms with Crippen LogP contribution in [0, 0.1) is 11.3 Å². The van der Waals surface area contributed by atoms with Gasteiger partial charge in [-0.25, -0.2) is 9.97 Å². The predicted octanol–water partition coefficient (Wildman–Crippen LogP) is 3.02. The minimum Gasteiger partial charge on any atom is -0.472 e. The zero-order valence-corrected chi connectivity index (χ0v) is 17.4. The van der Waals surface area contributed by atoms with Crippen molar-refractivity contribution in [2.24, 2.45) is 0 Å². The molecule has 0 aromatic carbocycles. The quantitative estimate of drug-likeness (QED) is 0.592. The number of aromatic nitrogens is 5. The molecule has 2 atom stereocenters. The summed E-state index contributed by atoms with van der Waals surface area (Å²) < 4.78 is 45.5. The van der Waals surface area contributed by atoms with Gasteiger partial charge >= 0.3 is 6.18 Å². The molecule has 0 aliphatic carbocycles. The number of hydrogen-bond donors (Lipinski definition) is 0. The zero-order chi connectivity index (χ0) is 23.6. The Bertz CT molecular complexity index is 1190. The Hall–Kier alpha value is -4.01. The highest BCUT2D eigenvalue weighted by atomic mass is 19.4. The summed E-state index contributed by atoms with van der Waals surface area (Å²) in [6, 6.07) is 6.73. The molecular weight excluding hydrogens is 439 g/mol. The highest BCUT2D eigenvalue weighted by molar-refractivity contribution is 5.97. The summed E-state index contributed by atoms with van der Waals surface area (Å²) in [5.41, 5.74) is -0.816. The van der Waals surface area contributed by atoms with Gasteiger partial charge in [0.2, 0.25) is 5.88 Å². The van der Waals surface area contributed by atoms with Gasteiger partial charge in [0, 0.05) is 18.3 Å². The summed E-state index contributed by atoms with van der Waals surface area (Å²) in [4.78, 5) is 23.5. The van der Waals surface area contributed by atoms with Crippen LogP contribution in [0.4, 0.5) is 13.2 Å². The number of pyridine rings is 2. The smallest absolute Gasteiger partial charge is 0.433 e. The molecule has 0 unspecified atom stereocenters. The summed E-state index contributed by atoms with van der Waals surface area (Å²) in [5, 5.41) is 16.7. The summed E-state index contributed by atoms with van der Waals surface area (Å²) in [5.74, 6) is -0.555. The van der Waals surface area contributed by atoms with Gasteiger partial charge in [0.25, 0.3) is 5.91 Å². The Labute approximate surface area is 186 Å². The maximum absolute atomic E-state index is 13.4. The summed E-state index contributed by atoms with van der Waals surface area (Å²) in [7, 11) is 0. The number of rotatable bonds is 4. The lowest BCUT2D eigenvalue weighted by atomic mass is 10.00. The van der Waals surface area contributed by atoms with Crippen LogP contribution < -0.4 is 4.74 Å². The van der Waals surface area contributed by atoms with Crippen LogP contribution in [0.1, 0.15) is 41.4 Å². The van der Waals surface area contributed by atoms with Crippen molar-refractivity contribution < 1.29 is 22.7 Å². The molecule has 3 aromatic heterocycles. The average molecular weight is 457 g/mol. The van der Waals surface area contributed by atoms with E-state index in [4.69, 9.17) is 10.00 Å². The molecule has 4 rings (SSSR count). The number of carbonyl (C=O) groups is 1. The minimum absolute atomic E-state index is 0.0590. The van der Waals surface area contributed by atoms with E-state index in [0.29, 0.717) is 18.4 Å². The Morgan fingerprint density at radius 3 is 2.64 bits per heavy atom. The number of alkyl halides is 3. The second-order valence-corrected chi connectivity index (χ2v) is 7.50. The Balaban J connectivity index is 1.61. The van der Waals surface area contributed by atoms with Gasteiger partial charge in [-0.05, 0) is 38.0 Å². The van der Waals surface area contributed by atoms with Crippen LogP contribution in [0.25, 0.3) is 5.82 Å². The number of halogens is 3. The standard InChI is InChI=1S/C21H18F3N7O2/c1-13-2-3-15(33-18-10-14(11-25)6-7-26-18)12-30(13)20(32)16-4-5-17(21(22,23)24)29-19(16)31-27-8-9-28-31/h4-10,13,15H,2-3,12H2,1H3/t13-,15-/m1/s1. The largest absolute Gasteiger partial charge is 0.472 e. The monoisotopic (exact) mass is 457 g/mol. The van der Waals surface area contributed by atoms with Crippen molar-refractivity contribution in [2.75, 3.05) is 6.54 Å². The SMILES string of the molecule is C[C@@H]1CC[C@@H](Oc2cc(C#N)ccn2)CN1C(=O)c1ccc(C(F)(F)F)nc1-n1nccn1. The van der Waals surface area contributed by atoms with E-state index in [0.717, 1.165) is 16.9 Å². The van der Waals surface area contributed by atoms with Crippen LogP contribution in [-0.4, -0.2) is 54.5 Å². The lowest BCUT2D eigenvalue weighted by molar-refractivity contribution is -0.141. The first-order valence-electron chi connectivity index (χ1n) is 10.0. The van der Waals surface area contributed by atoms with Crippen LogP contribution in [0.15, 0.2) is 42.9 Å². The molecular formula is C21H18F3N7O2. The molecule has 1 aliphatic rings. The molecule has 33 heavy (non-hydrogen) atoms. The number of piperidine rings is 1. The lowest BCUT2D eigenvalue weighted by Crippen LogP contribution is -2.49. The second-order valence-electron chi connectivity index (χ2n) is 7.50. The molecule has 0 spiro atoms. The molecule has 1 saturated heterocycles. The van der Waals surface area contributed by atoms with Crippen molar-refractivity contribution in [3.05, 3.63) is 59.7 Å². The van der Waals surface area contributed by atoms with E-state index >= 15 is 0 Å². The number of ether oxygens (including phenoxy) is 1. The van der Waals surface area contributed by atoms with Gasteiger partial charge in [-0.2, -0.15) is 28.6 Å². The van der Waals surface area contributed by atoms with E-state index in [1.54, 1.807) is 6.07 Å². The Morgan fingerprint density at radius 2 is 1.94 bits per heavy atom. The van der Waals surface area contributed by atoms with Crippen molar-refractivity contribution in [1.82, 2.24) is 29.9 Å². The molecule has 0 N–H and O–H groups in total. The molecule has 0 bridgehead atoms. The number of carbonyl (C=O) groups excluding carboxylic acids is 1. The van der Waals surface area contributed by atoms with E-state index < -0.39 is 23.9 Å². The highest BCUT2D eigenvalue weighted by Gasteiger charge is 2.36. The third-order valence-corrected chi connectivity index (χ3v) is 5.26. The number of hydrogen-bond acceptors (Lipinski definition) is 7. The van der Waals surface area contributed by atoms with E-state index in [1.165, 1.54) is 29.6 Å². The molecule has 9 nitrogen and oxygen atoms in total. The lowest BCUT2D eigenvalue weighted by Gasteiger charge is -2.38. The summed E-state index contributed by atoms with van der Waals surface area (Å²) >= 11 is 0. The first kappa shape index (κ1) is 22.2. The molecule has 1 aliphatic heterocycles. The van der Waals surface area contributed by atoms with Crippen molar-refractivity contribution in [2.45, 2.75) is 38.1 Å². The summed E-state index contributed by atoms with van der Waals surface area (Å²) in [6.07, 6.45) is 0.184. The molecule has 1 fully saturated rings. The van der Waals surface area contributed by atoms with Crippen LogP contribution in [0.5, 0.6) is 5.88 Å². The fourth-order valence-electron chi connectivity index (χ4n) is 3.57. The number of nitrogens with zero attached hydrogens (tertiary/aromatic N) is 7. The Kier molecular flexibility index (Phi) is 5.95. The van der Waals surface area contributed by atoms with Crippen molar-refractivity contribution in [3.8, 4) is 17.8 Å². The van der Waals surface area contributed by atoms with Gasteiger partial charge in [-0.1, -0.05) is 0 Å². The van der Waals surface area contributed by atoms with E-state index in [9.17, 15) is 18.0 Å². The normalized spacial score (nSPS) is 18.6. The number of likely N-dealkylation sites (tertiary alicyclic amines) is 1. The summed E-state index contributed by atoms with van der Waals surface area (Å²) in [6.45, 7) is 2.04. The second kappa shape index (κ2) is 8.85. The molecule has 170 valence electrons. The van der Waals surface area contributed by atoms with Gasteiger partial charge in [-0.3, -0.25) is 4.79 Å². The average Bonchev–Trinajstić information content (AvgIpc) is 3.34. The molecule has 0 saturated carbocycles. The van der Waals surface area contributed by atoms with Crippen LogP contribution in [0.3, 0.4) is 0 Å². The maximum atomic E-state index is 13.4. The molecule has 0 radical (unpaired) electrons. The molecule has 12 heteroatoms. The van der Waals surface area contributed by atoms with Crippen molar-refractivity contribution >= 4 is 5.91 Å². The third-order valence-electron chi connectivity index (χ3n) is 5.26. The molecule has 3 aromatic rings. The van der Waals surface area contributed by atoms with Crippen LogP contribution in [0.2, 0.25) is 0 Å². The number of nitriles is 1. The topological polar surface area (TPSA) is 110 Å². The third kappa shape index (κ3) is 4.77. The molecule has 1 amide bonds. The number of amides is 1. The highest BCUT2D eigenvalue weighted by Crippen LogP contribution is 2.30.